The van der Waals surface area contributed by atoms with Crippen LogP contribution < -0.4 is 5.63 Å². The lowest BCUT2D eigenvalue weighted by molar-refractivity contribution is 0.0472. The standard InChI is InChI=1S/C24H20O4/c1-14-10-15(2)22(16(3)11-14)24(26)27-13-18-12-21(25)28-20-9-8-17-6-4-5-7-19(17)23(18)20/h4-12H,13H2,1-3H3. The second-order valence-electron chi connectivity index (χ2n) is 7.10. The van der Waals surface area contributed by atoms with E-state index in [1.165, 1.54) is 6.07 Å². The number of fused-ring (bicyclic) bond motifs is 3. The van der Waals surface area contributed by atoms with E-state index in [0.29, 0.717) is 16.7 Å². The summed E-state index contributed by atoms with van der Waals surface area (Å²) in [5.74, 6) is -0.392. The predicted molar refractivity (Wildman–Crippen MR) is 110 cm³/mol. The lowest BCUT2D eigenvalue weighted by atomic mass is 10.00. The Bertz CT molecular complexity index is 1260. The van der Waals surface area contributed by atoms with Crippen molar-refractivity contribution in [3.8, 4) is 0 Å². The van der Waals surface area contributed by atoms with Gasteiger partial charge in [0.05, 0.1) is 5.56 Å². The van der Waals surface area contributed by atoms with Crippen LogP contribution in [-0.4, -0.2) is 5.97 Å². The third-order valence-corrected chi connectivity index (χ3v) is 4.95. The van der Waals surface area contributed by atoms with Gasteiger partial charge >= 0.3 is 11.6 Å². The van der Waals surface area contributed by atoms with E-state index in [-0.39, 0.29) is 6.61 Å². The minimum absolute atomic E-state index is 0.00168. The van der Waals surface area contributed by atoms with Crippen LogP contribution >= 0.6 is 0 Å². The molecule has 0 saturated carbocycles. The van der Waals surface area contributed by atoms with Gasteiger partial charge in [0, 0.05) is 17.0 Å². The molecule has 0 N–H and O–H groups in total. The van der Waals surface area contributed by atoms with Gasteiger partial charge in [-0.3, -0.25) is 0 Å². The van der Waals surface area contributed by atoms with E-state index in [1.807, 2.05) is 63.2 Å². The fourth-order valence-electron chi connectivity index (χ4n) is 3.85. The van der Waals surface area contributed by atoms with Gasteiger partial charge in [0.15, 0.2) is 0 Å². The van der Waals surface area contributed by atoms with E-state index in [9.17, 15) is 9.59 Å². The summed E-state index contributed by atoms with van der Waals surface area (Å²) >= 11 is 0. The molecule has 4 aromatic rings. The van der Waals surface area contributed by atoms with Gasteiger partial charge in [-0.05, 0) is 48.7 Å². The number of aryl methyl sites for hydroxylation is 3. The number of carbonyl (C=O) groups is 1. The molecule has 4 nitrogen and oxygen atoms in total. The van der Waals surface area contributed by atoms with Crippen molar-refractivity contribution in [2.75, 3.05) is 0 Å². The van der Waals surface area contributed by atoms with Crippen molar-refractivity contribution >= 4 is 27.7 Å². The number of carbonyl (C=O) groups excluding carboxylic acids is 1. The smallest absolute Gasteiger partial charge is 0.339 e. The third-order valence-electron chi connectivity index (χ3n) is 4.95. The molecule has 0 amide bonds. The van der Waals surface area contributed by atoms with Gasteiger partial charge in [-0.15, -0.1) is 0 Å². The van der Waals surface area contributed by atoms with Crippen LogP contribution in [-0.2, 0) is 11.3 Å². The van der Waals surface area contributed by atoms with Gasteiger partial charge in [0.1, 0.15) is 12.2 Å². The summed E-state index contributed by atoms with van der Waals surface area (Å²) in [5, 5.41) is 2.78. The zero-order chi connectivity index (χ0) is 19.8. The molecule has 0 spiro atoms. The summed E-state index contributed by atoms with van der Waals surface area (Å²) in [7, 11) is 0. The van der Waals surface area contributed by atoms with Crippen molar-refractivity contribution in [1.82, 2.24) is 0 Å². The van der Waals surface area contributed by atoms with Crippen molar-refractivity contribution in [3.05, 3.63) is 92.8 Å². The molecule has 0 atom stereocenters. The van der Waals surface area contributed by atoms with Gasteiger partial charge in [-0.25, -0.2) is 9.59 Å². The number of hydrogen-bond acceptors (Lipinski definition) is 4. The van der Waals surface area contributed by atoms with Gasteiger partial charge in [0.2, 0.25) is 0 Å². The van der Waals surface area contributed by atoms with Crippen molar-refractivity contribution in [1.29, 1.82) is 0 Å². The van der Waals surface area contributed by atoms with Crippen LogP contribution in [0.1, 0.15) is 32.6 Å². The second kappa shape index (κ2) is 6.97. The molecule has 140 valence electrons. The molecule has 3 aromatic carbocycles. The summed E-state index contributed by atoms with van der Waals surface area (Å²) in [4.78, 5) is 24.7. The average molecular weight is 372 g/mol. The molecule has 4 heteroatoms. The van der Waals surface area contributed by atoms with Crippen LogP contribution in [0.4, 0.5) is 0 Å². The monoisotopic (exact) mass is 372 g/mol. The van der Waals surface area contributed by atoms with E-state index >= 15 is 0 Å². The van der Waals surface area contributed by atoms with Gasteiger partial charge in [0.25, 0.3) is 0 Å². The topological polar surface area (TPSA) is 56.5 Å². The summed E-state index contributed by atoms with van der Waals surface area (Å²) in [6, 6.07) is 16.9. The van der Waals surface area contributed by atoms with Crippen molar-refractivity contribution in [3.63, 3.8) is 0 Å². The highest BCUT2D eigenvalue weighted by atomic mass is 16.5. The molecule has 0 aliphatic carbocycles. The molecule has 0 bridgehead atoms. The first kappa shape index (κ1) is 18.0. The molecular formula is C24H20O4. The van der Waals surface area contributed by atoms with Crippen molar-refractivity contribution in [2.45, 2.75) is 27.4 Å². The fraction of sp³-hybridized carbons (Fsp3) is 0.167. The first-order valence-corrected chi connectivity index (χ1v) is 9.13. The predicted octanol–water partition coefficient (Wildman–Crippen LogP) is 5.23. The molecule has 0 fully saturated rings. The van der Waals surface area contributed by atoms with Gasteiger partial charge in [-0.2, -0.15) is 0 Å². The molecule has 0 aliphatic rings. The summed E-state index contributed by atoms with van der Waals surface area (Å²) in [5.41, 5.74) is 4.10. The minimum atomic E-state index is -0.462. The number of hydrogen-bond donors (Lipinski definition) is 0. The largest absolute Gasteiger partial charge is 0.457 e. The minimum Gasteiger partial charge on any atom is -0.457 e. The maximum Gasteiger partial charge on any atom is 0.339 e. The van der Waals surface area contributed by atoms with Crippen LogP contribution in [0.5, 0.6) is 0 Å². The van der Waals surface area contributed by atoms with E-state index in [0.717, 1.165) is 32.8 Å². The highest BCUT2D eigenvalue weighted by Gasteiger charge is 2.16. The zero-order valence-corrected chi connectivity index (χ0v) is 16.0. The van der Waals surface area contributed by atoms with Crippen LogP contribution in [0.25, 0.3) is 21.7 Å². The molecule has 1 heterocycles. The zero-order valence-electron chi connectivity index (χ0n) is 16.0. The van der Waals surface area contributed by atoms with Crippen LogP contribution in [0, 0.1) is 20.8 Å². The average Bonchev–Trinajstić information content (AvgIpc) is 2.64. The maximum absolute atomic E-state index is 12.7. The molecule has 4 rings (SSSR count). The van der Waals surface area contributed by atoms with Crippen LogP contribution in [0.3, 0.4) is 0 Å². The lowest BCUT2D eigenvalue weighted by Gasteiger charge is -2.12. The fourth-order valence-corrected chi connectivity index (χ4v) is 3.85. The van der Waals surface area contributed by atoms with Gasteiger partial charge < -0.3 is 9.15 Å². The van der Waals surface area contributed by atoms with Crippen molar-refractivity contribution in [2.24, 2.45) is 0 Å². The molecule has 28 heavy (non-hydrogen) atoms. The first-order valence-electron chi connectivity index (χ1n) is 9.13. The van der Waals surface area contributed by atoms with Gasteiger partial charge in [-0.1, -0.05) is 48.0 Å². The number of esters is 1. The van der Waals surface area contributed by atoms with E-state index in [1.54, 1.807) is 6.07 Å². The Morgan fingerprint density at radius 2 is 1.68 bits per heavy atom. The summed E-state index contributed by atoms with van der Waals surface area (Å²) in [6.45, 7) is 5.80. The number of rotatable bonds is 3. The molecule has 0 saturated heterocycles. The van der Waals surface area contributed by atoms with Crippen LogP contribution in [0.2, 0.25) is 0 Å². The lowest BCUT2D eigenvalue weighted by Crippen LogP contribution is -2.11. The Kier molecular flexibility index (Phi) is 4.47. The maximum atomic E-state index is 12.7. The second-order valence-corrected chi connectivity index (χ2v) is 7.10. The van der Waals surface area contributed by atoms with E-state index < -0.39 is 11.6 Å². The molecule has 0 radical (unpaired) electrons. The Morgan fingerprint density at radius 3 is 2.43 bits per heavy atom. The van der Waals surface area contributed by atoms with Crippen LogP contribution in [0.15, 0.2) is 63.8 Å². The number of benzene rings is 3. The Hall–Kier alpha value is -3.40. The molecule has 0 unspecified atom stereocenters. The molecular weight excluding hydrogens is 352 g/mol. The van der Waals surface area contributed by atoms with E-state index in [2.05, 4.69) is 0 Å². The third kappa shape index (κ3) is 3.18. The number of ether oxygens (including phenoxy) is 1. The first-order chi connectivity index (χ1) is 13.4. The highest BCUT2D eigenvalue weighted by molar-refractivity contribution is 6.07. The highest BCUT2D eigenvalue weighted by Crippen LogP contribution is 2.28. The normalized spacial score (nSPS) is 11.1. The SMILES string of the molecule is Cc1cc(C)c(C(=O)OCc2cc(=O)oc3ccc4ccccc4c23)c(C)c1. The Balaban J connectivity index is 1.75. The summed E-state index contributed by atoms with van der Waals surface area (Å²) < 4.78 is 11.0. The Labute approximate surface area is 162 Å². The van der Waals surface area contributed by atoms with E-state index in [4.69, 9.17) is 9.15 Å². The Morgan fingerprint density at radius 1 is 0.964 bits per heavy atom. The molecule has 1 aromatic heterocycles. The van der Waals surface area contributed by atoms with Crippen molar-refractivity contribution < 1.29 is 13.9 Å². The molecule has 0 aliphatic heterocycles. The quantitative estimate of drug-likeness (QED) is 0.281. The summed E-state index contributed by atoms with van der Waals surface area (Å²) in [6.07, 6.45) is 0.